The molecule has 1 heterocycles. The molecule has 1 amide bonds. The summed E-state index contributed by atoms with van der Waals surface area (Å²) in [6.07, 6.45) is 7.92. The van der Waals surface area contributed by atoms with Gasteiger partial charge in [0, 0.05) is 32.4 Å². The van der Waals surface area contributed by atoms with E-state index < -0.39 is 0 Å². The van der Waals surface area contributed by atoms with Crippen molar-refractivity contribution < 1.29 is 14.1 Å². The van der Waals surface area contributed by atoms with Crippen molar-refractivity contribution in [3.63, 3.8) is 0 Å². The van der Waals surface area contributed by atoms with Crippen LogP contribution in [0.25, 0.3) is 0 Å². The minimum Gasteiger partial charge on any atom is -0.497 e. The van der Waals surface area contributed by atoms with Gasteiger partial charge in [0.2, 0.25) is 11.8 Å². The van der Waals surface area contributed by atoms with E-state index in [-0.39, 0.29) is 5.91 Å². The SMILES string of the molecule is COc1ccc(CCC(=O)N(C)CCc2noc(C3CCCCC3)n2)cc1. The monoisotopic (exact) mass is 371 g/mol. The van der Waals surface area contributed by atoms with Crippen LogP contribution >= 0.6 is 0 Å². The molecule has 1 aromatic heterocycles. The first-order valence-corrected chi connectivity index (χ1v) is 9.85. The number of methoxy groups -OCH3 is 1. The predicted molar refractivity (Wildman–Crippen MR) is 103 cm³/mol. The van der Waals surface area contributed by atoms with E-state index in [0.29, 0.717) is 31.1 Å². The number of aromatic nitrogens is 2. The van der Waals surface area contributed by atoms with Crippen LogP contribution in [-0.2, 0) is 17.6 Å². The molecule has 0 bridgehead atoms. The van der Waals surface area contributed by atoms with Crippen molar-refractivity contribution in [2.45, 2.75) is 57.3 Å². The van der Waals surface area contributed by atoms with Gasteiger partial charge in [0.05, 0.1) is 7.11 Å². The third-order valence-electron chi connectivity index (χ3n) is 5.32. The van der Waals surface area contributed by atoms with Gasteiger partial charge in [-0.3, -0.25) is 4.79 Å². The first-order valence-electron chi connectivity index (χ1n) is 9.85. The molecular formula is C21H29N3O3. The molecule has 6 nitrogen and oxygen atoms in total. The van der Waals surface area contributed by atoms with Crippen molar-refractivity contribution in [3.8, 4) is 5.75 Å². The average molecular weight is 371 g/mol. The summed E-state index contributed by atoms with van der Waals surface area (Å²) in [6, 6.07) is 7.84. The molecule has 6 heteroatoms. The summed E-state index contributed by atoms with van der Waals surface area (Å²) in [4.78, 5) is 18.6. The van der Waals surface area contributed by atoms with Gasteiger partial charge in [-0.25, -0.2) is 0 Å². The Labute approximate surface area is 160 Å². The maximum Gasteiger partial charge on any atom is 0.229 e. The van der Waals surface area contributed by atoms with E-state index in [2.05, 4.69) is 10.1 Å². The maximum absolute atomic E-state index is 12.4. The Hall–Kier alpha value is -2.37. The fraction of sp³-hybridized carbons (Fsp3) is 0.571. The van der Waals surface area contributed by atoms with Crippen LogP contribution in [0.15, 0.2) is 28.8 Å². The smallest absolute Gasteiger partial charge is 0.229 e. The van der Waals surface area contributed by atoms with E-state index in [1.807, 2.05) is 31.3 Å². The summed E-state index contributed by atoms with van der Waals surface area (Å²) in [5, 5.41) is 4.10. The molecule has 3 rings (SSSR count). The van der Waals surface area contributed by atoms with E-state index in [1.54, 1.807) is 12.0 Å². The molecule has 146 valence electrons. The minimum absolute atomic E-state index is 0.127. The third-order valence-corrected chi connectivity index (χ3v) is 5.32. The van der Waals surface area contributed by atoms with E-state index in [0.717, 1.165) is 36.5 Å². The lowest BCUT2D eigenvalue weighted by Crippen LogP contribution is -2.29. The number of ether oxygens (including phenoxy) is 1. The van der Waals surface area contributed by atoms with Gasteiger partial charge in [0.1, 0.15) is 5.75 Å². The van der Waals surface area contributed by atoms with Gasteiger partial charge in [0.15, 0.2) is 5.82 Å². The zero-order valence-electron chi connectivity index (χ0n) is 16.3. The number of hydrogen-bond acceptors (Lipinski definition) is 5. The molecule has 0 N–H and O–H groups in total. The van der Waals surface area contributed by atoms with E-state index in [1.165, 1.54) is 19.3 Å². The first-order chi connectivity index (χ1) is 13.2. The van der Waals surface area contributed by atoms with Crippen LogP contribution in [0.4, 0.5) is 0 Å². The second-order valence-corrected chi connectivity index (χ2v) is 7.30. The van der Waals surface area contributed by atoms with E-state index >= 15 is 0 Å². The zero-order chi connectivity index (χ0) is 19.1. The summed E-state index contributed by atoms with van der Waals surface area (Å²) < 4.78 is 10.6. The summed E-state index contributed by atoms with van der Waals surface area (Å²) >= 11 is 0. The van der Waals surface area contributed by atoms with E-state index in [9.17, 15) is 4.79 Å². The molecule has 0 atom stereocenters. The highest BCUT2D eigenvalue weighted by Gasteiger charge is 2.21. The second kappa shape index (κ2) is 9.53. The van der Waals surface area contributed by atoms with E-state index in [4.69, 9.17) is 9.26 Å². The van der Waals surface area contributed by atoms with Crippen molar-refractivity contribution in [2.24, 2.45) is 0 Å². The van der Waals surface area contributed by atoms with Gasteiger partial charge in [-0.2, -0.15) is 4.98 Å². The van der Waals surface area contributed by atoms with Gasteiger partial charge >= 0.3 is 0 Å². The van der Waals surface area contributed by atoms with Crippen LogP contribution in [0.2, 0.25) is 0 Å². The highest BCUT2D eigenvalue weighted by Crippen LogP contribution is 2.31. The van der Waals surface area contributed by atoms with Crippen molar-refractivity contribution in [2.75, 3.05) is 20.7 Å². The molecule has 0 aliphatic heterocycles. The van der Waals surface area contributed by atoms with Crippen LogP contribution in [0.5, 0.6) is 5.75 Å². The Kier molecular flexibility index (Phi) is 6.85. The Morgan fingerprint density at radius 3 is 2.63 bits per heavy atom. The van der Waals surface area contributed by atoms with Crippen LogP contribution < -0.4 is 4.74 Å². The van der Waals surface area contributed by atoms with Gasteiger partial charge in [-0.05, 0) is 37.0 Å². The maximum atomic E-state index is 12.4. The molecule has 0 saturated heterocycles. The summed E-state index contributed by atoms with van der Waals surface area (Å²) in [5.74, 6) is 2.85. The molecule has 1 aromatic carbocycles. The molecule has 0 radical (unpaired) electrons. The number of rotatable bonds is 8. The lowest BCUT2D eigenvalue weighted by Gasteiger charge is -2.17. The number of carbonyl (C=O) groups is 1. The molecule has 1 fully saturated rings. The second-order valence-electron chi connectivity index (χ2n) is 7.30. The highest BCUT2D eigenvalue weighted by molar-refractivity contribution is 5.76. The number of likely N-dealkylation sites (N-methyl/N-ethyl adjacent to an activating group) is 1. The molecule has 1 aliphatic rings. The topological polar surface area (TPSA) is 68.5 Å². The van der Waals surface area contributed by atoms with Crippen LogP contribution in [-0.4, -0.2) is 41.6 Å². The normalized spacial score (nSPS) is 14.9. The minimum atomic E-state index is 0.127. The average Bonchev–Trinajstić information content (AvgIpc) is 3.20. The Morgan fingerprint density at radius 1 is 1.19 bits per heavy atom. The van der Waals surface area contributed by atoms with Gasteiger partial charge in [-0.15, -0.1) is 0 Å². The quantitative estimate of drug-likeness (QED) is 0.707. The van der Waals surface area contributed by atoms with Crippen LogP contribution in [0.3, 0.4) is 0 Å². The lowest BCUT2D eigenvalue weighted by atomic mass is 9.89. The Balaban J connectivity index is 1.42. The predicted octanol–water partition coefficient (Wildman–Crippen LogP) is 3.76. The van der Waals surface area contributed by atoms with Crippen molar-refractivity contribution in [1.82, 2.24) is 15.0 Å². The van der Waals surface area contributed by atoms with Gasteiger partial charge in [0.25, 0.3) is 0 Å². The zero-order valence-corrected chi connectivity index (χ0v) is 16.3. The summed E-state index contributed by atoms with van der Waals surface area (Å²) in [7, 11) is 3.48. The molecule has 0 spiro atoms. The lowest BCUT2D eigenvalue weighted by molar-refractivity contribution is -0.129. The fourth-order valence-corrected chi connectivity index (χ4v) is 3.51. The standard InChI is InChI=1S/C21H29N3O3/c1-24(20(25)13-10-16-8-11-18(26-2)12-9-16)15-14-19-22-21(27-23-19)17-6-4-3-5-7-17/h8-9,11-12,17H,3-7,10,13-15H2,1-2H3. The molecular weight excluding hydrogens is 342 g/mol. The number of carbonyl (C=O) groups excluding carboxylic acids is 1. The number of benzene rings is 1. The number of hydrogen-bond donors (Lipinski definition) is 0. The number of amides is 1. The van der Waals surface area contributed by atoms with Crippen molar-refractivity contribution >= 4 is 5.91 Å². The molecule has 27 heavy (non-hydrogen) atoms. The third kappa shape index (κ3) is 5.55. The van der Waals surface area contributed by atoms with Crippen LogP contribution in [0.1, 0.15) is 61.7 Å². The molecule has 1 saturated carbocycles. The number of aryl methyl sites for hydroxylation is 1. The Bertz CT molecular complexity index is 721. The highest BCUT2D eigenvalue weighted by atomic mass is 16.5. The summed E-state index contributed by atoms with van der Waals surface area (Å²) in [5.41, 5.74) is 1.13. The van der Waals surface area contributed by atoms with Crippen molar-refractivity contribution in [1.29, 1.82) is 0 Å². The van der Waals surface area contributed by atoms with Gasteiger partial charge in [-0.1, -0.05) is 36.6 Å². The van der Waals surface area contributed by atoms with Gasteiger partial charge < -0.3 is 14.2 Å². The fourth-order valence-electron chi connectivity index (χ4n) is 3.51. The molecule has 0 unspecified atom stereocenters. The summed E-state index contributed by atoms with van der Waals surface area (Å²) in [6.45, 7) is 0.602. The largest absolute Gasteiger partial charge is 0.497 e. The number of nitrogens with zero attached hydrogens (tertiary/aromatic N) is 3. The molecule has 2 aromatic rings. The molecule has 1 aliphatic carbocycles. The van der Waals surface area contributed by atoms with Crippen LogP contribution in [0, 0.1) is 0 Å². The Morgan fingerprint density at radius 2 is 1.93 bits per heavy atom. The first kappa shape index (κ1) is 19.4. The van der Waals surface area contributed by atoms with Crippen molar-refractivity contribution in [3.05, 3.63) is 41.5 Å².